The molecule has 0 atom stereocenters. The molecule has 0 radical (unpaired) electrons. The van der Waals surface area contributed by atoms with Gasteiger partial charge in [-0.05, 0) is 32.0 Å². The molecule has 0 fully saturated rings. The van der Waals surface area contributed by atoms with Gasteiger partial charge in [0.05, 0.1) is 0 Å². The summed E-state index contributed by atoms with van der Waals surface area (Å²) in [5.74, 6) is -0.549. The number of hydrogen-bond acceptors (Lipinski definition) is 3. The van der Waals surface area contributed by atoms with Crippen LogP contribution in [-0.4, -0.2) is 42.5 Å². The third-order valence-corrected chi connectivity index (χ3v) is 3.08. The van der Waals surface area contributed by atoms with Gasteiger partial charge in [-0.25, -0.2) is 15.0 Å². The first-order chi connectivity index (χ1) is 11.0. The van der Waals surface area contributed by atoms with E-state index in [9.17, 15) is 14.4 Å². The normalized spacial score (nSPS) is 9.70. The molecule has 23 heavy (non-hydrogen) atoms. The SMILES string of the molecule is CCN(CC)C(=O)NCC(=O)NNC(=O)Nc1cccc(Cl)c1. The van der Waals surface area contributed by atoms with Crippen LogP contribution in [0.25, 0.3) is 0 Å². The second-order valence-electron chi connectivity index (χ2n) is 4.47. The molecule has 0 aliphatic carbocycles. The van der Waals surface area contributed by atoms with Gasteiger partial charge in [-0.3, -0.25) is 10.2 Å². The van der Waals surface area contributed by atoms with E-state index in [0.29, 0.717) is 23.8 Å². The molecule has 4 N–H and O–H groups in total. The highest BCUT2D eigenvalue weighted by Gasteiger charge is 2.11. The van der Waals surface area contributed by atoms with E-state index in [1.807, 2.05) is 13.8 Å². The maximum Gasteiger partial charge on any atom is 0.337 e. The number of amides is 5. The lowest BCUT2D eigenvalue weighted by Gasteiger charge is -2.19. The van der Waals surface area contributed by atoms with Gasteiger partial charge < -0.3 is 15.5 Å². The molecule has 1 aromatic carbocycles. The van der Waals surface area contributed by atoms with E-state index in [2.05, 4.69) is 21.5 Å². The summed E-state index contributed by atoms with van der Waals surface area (Å²) in [6, 6.07) is 5.60. The summed E-state index contributed by atoms with van der Waals surface area (Å²) in [7, 11) is 0. The summed E-state index contributed by atoms with van der Waals surface area (Å²) in [5, 5.41) is 5.42. The lowest BCUT2D eigenvalue weighted by molar-refractivity contribution is -0.120. The zero-order valence-electron chi connectivity index (χ0n) is 13.0. The first-order valence-corrected chi connectivity index (χ1v) is 7.48. The van der Waals surface area contributed by atoms with E-state index in [0.717, 1.165) is 0 Å². The van der Waals surface area contributed by atoms with Crippen LogP contribution in [0.4, 0.5) is 15.3 Å². The molecule has 9 heteroatoms. The fraction of sp³-hybridized carbons (Fsp3) is 0.357. The highest BCUT2D eigenvalue weighted by atomic mass is 35.5. The molecule has 0 saturated heterocycles. The predicted octanol–water partition coefficient (Wildman–Crippen LogP) is 1.54. The number of nitrogens with one attached hydrogen (secondary N) is 4. The lowest BCUT2D eigenvalue weighted by Crippen LogP contribution is -2.49. The van der Waals surface area contributed by atoms with E-state index >= 15 is 0 Å². The Morgan fingerprint density at radius 3 is 2.43 bits per heavy atom. The summed E-state index contributed by atoms with van der Waals surface area (Å²) in [6.45, 7) is 4.52. The molecule has 8 nitrogen and oxygen atoms in total. The lowest BCUT2D eigenvalue weighted by atomic mass is 10.3. The fourth-order valence-corrected chi connectivity index (χ4v) is 1.87. The summed E-state index contributed by atoms with van der Waals surface area (Å²) in [4.78, 5) is 36.3. The minimum atomic E-state index is -0.629. The van der Waals surface area contributed by atoms with Crippen LogP contribution in [-0.2, 0) is 4.79 Å². The zero-order valence-corrected chi connectivity index (χ0v) is 13.7. The quantitative estimate of drug-likeness (QED) is 0.611. The van der Waals surface area contributed by atoms with Crippen molar-refractivity contribution in [3.63, 3.8) is 0 Å². The number of carbonyl (C=O) groups excluding carboxylic acids is 3. The Balaban J connectivity index is 2.30. The summed E-state index contributed by atoms with van der Waals surface area (Å²) in [5.41, 5.74) is 4.84. The van der Waals surface area contributed by atoms with Crippen molar-refractivity contribution in [3.05, 3.63) is 29.3 Å². The molecule has 126 valence electrons. The Kier molecular flexibility index (Phi) is 7.69. The van der Waals surface area contributed by atoms with Crippen LogP contribution < -0.4 is 21.5 Å². The molecule has 1 aromatic rings. The summed E-state index contributed by atoms with van der Waals surface area (Å²) >= 11 is 5.79. The number of nitrogens with zero attached hydrogens (tertiary/aromatic N) is 1. The van der Waals surface area contributed by atoms with Crippen molar-refractivity contribution in [1.29, 1.82) is 0 Å². The van der Waals surface area contributed by atoms with E-state index in [4.69, 9.17) is 11.6 Å². The van der Waals surface area contributed by atoms with Crippen molar-refractivity contribution in [3.8, 4) is 0 Å². The summed E-state index contributed by atoms with van der Waals surface area (Å²) in [6.07, 6.45) is 0. The van der Waals surface area contributed by atoms with Gasteiger partial charge in [0.15, 0.2) is 0 Å². The average Bonchev–Trinajstić information content (AvgIpc) is 2.52. The predicted molar refractivity (Wildman–Crippen MR) is 88.1 cm³/mol. The van der Waals surface area contributed by atoms with E-state index in [1.54, 1.807) is 24.3 Å². The van der Waals surface area contributed by atoms with Crippen LogP contribution in [0, 0.1) is 0 Å². The van der Waals surface area contributed by atoms with E-state index in [-0.39, 0.29) is 12.6 Å². The van der Waals surface area contributed by atoms with Gasteiger partial charge in [-0.2, -0.15) is 0 Å². The third kappa shape index (κ3) is 6.88. The maximum absolute atomic E-state index is 11.6. The van der Waals surface area contributed by atoms with Gasteiger partial charge in [0.25, 0.3) is 5.91 Å². The average molecular weight is 342 g/mol. The van der Waals surface area contributed by atoms with Crippen molar-refractivity contribution < 1.29 is 14.4 Å². The standard InChI is InChI=1S/C14H20ClN5O3/c1-3-20(4-2)14(23)16-9-12(21)18-19-13(22)17-11-7-5-6-10(15)8-11/h5-8H,3-4,9H2,1-2H3,(H,16,23)(H,18,21)(H2,17,19,22). The van der Waals surface area contributed by atoms with Crippen LogP contribution in [0.5, 0.6) is 0 Å². The van der Waals surface area contributed by atoms with Gasteiger partial charge in [-0.15, -0.1) is 0 Å². The van der Waals surface area contributed by atoms with Crippen molar-refractivity contribution >= 4 is 35.3 Å². The largest absolute Gasteiger partial charge is 0.337 e. The number of urea groups is 2. The first kappa shape index (κ1) is 18.6. The number of hydrogen-bond donors (Lipinski definition) is 4. The molecule has 0 unspecified atom stereocenters. The second kappa shape index (κ2) is 9.52. The third-order valence-electron chi connectivity index (χ3n) is 2.85. The van der Waals surface area contributed by atoms with Crippen LogP contribution >= 0.6 is 11.6 Å². The number of rotatable bonds is 5. The van der Waals surface area contributed by atoms with Crippen LogP contribution in [0.2, 0.25) is 5.02 Å². The molecule has 0 saturated carbocycles. The smallest absolute Gasteiger partial charge is 0.329 e. The molecule has 0 spiro atoms. The fourth-order valence-electron chi connectivity index (χ4n) is 1.68. The number of benzene rings is 1. The number of halogens is 1. The number of hydrazine groups is 1. The summed E-state index contributed by atoms with van der Waals surface area (Å²) < 4.78 is 0. The van der Waals surface area contributed by atoms with Gasteiger partial charge in [0.2, 0.25) is 0 Å². The maximum atomic E-state index is 11.6. The van der Waals surface area contributed by atoms with Crippen LogP contribution in [0.15, 0.2) is 24.3 Å². The zero-order chi connectivity index (χ0) is 17.2. The Morgan fingerprint density at radius 1 is 1.13 bits per heavy atom. The molecular weight excluding hydrogens is 322 g/mol. The number of carbonyl (C=O) groups is 3. The van der Waals surface area contributed by atoms with Crippen LogP contribution in [0.3, 0.4) is 0 Å². The van der Waals surface area contributed by atoms with Crippen molar-refractivity contribution in [2.24, 2.45) is 0 Å². The van der Waals surface area contributed by atoms with E-state index in [1.165, 1.54) is 4.90 Å². The van der Waals surface area contributed by atoms with Crippen molar-refractivity contribution in [2.75, 3.05) is 25.0 Å². The Labute approximate surface area is 139 Å². The Hall–Kier alpha value is -2.48. The minimum absolute atomic E-state index is 0.243. The molecule has 0 heterocycles. The molecular formula is C14H20ClN5O3. The molecule has 0 aliphatic rings. The van der Waals surface area contributed by atoms with Gasteiger partial charge >= 0.3 is 12.1 Å². The van der Waals surface area contributed by atoms with Crippen molar-refractivity contribution in [1.82, 2.24) is 21.1 Å². The van der Waals surface area contributed by atoms with Crippen LogP contribution in [0.1, 0.15) is 13.8 Å². The number of anilines is 1. The topological polar surface area (TPSA) is 103 Å². The van der Waals surface area contributed by atoms with Gasteiger partial charge in [-0.1, -0.05) is 17.7 Å². The monoisotopic (exact) mass is 341 g/mol. The first-order valence-electron chi connectivity index (χ1n) is 7.10. The highest BCUT2D eigenvalue weighted by Crippen LogP contribution is 2.14. The Bertz CT molecular complexity index is 563. The van der Waals surface area contributed by atoms with E-state index < -0.39 is 11.9 Å². The molecule has 1 rings (SSSR count). The molecule has 0 aliphatic heterocycles. The molecule has 5 amide bonds. The molecule has 0 aromatic heterocycles. The second-order valence-corrected chi connectivity index (χ2v) is 4.91. The van der Waals surface area contributed by atoms with Gasteiger partial charge in [0.1, 0.15) is 6.54 Å². The highest BCUT2D eigenvalue weighted by molar-refractivity contribution is 6.30. The Morgan fingerprint density at radius 2 is 1.83 bits per heavy atom. The van der Waals surface area contributed by atoms with Gasteiger partial charge in [0, 0.05) is 23.8 Å². The molecule has 0 bridgehead atoms. The van der Waals surface area contributed by atoms with Crippen molar-refractivity contribution in [2.45, 2.75) is 13.8 Å². The minimum Gasteiger partial charge on any atom is -0.329 e.